The zero-order chi connectivity index (χ0) is 21.0. The van der Waals surface area contributed by atoms with E-state index in [1.165, 1.54) is 20.9 Å². The van der Waals surface area contributed by atoms with Crippen molar-refractivity contribution in [2.45, 2.75) is 45.4 Å². The van der Waals surface area contributed by atoms with Gasteiger partial charge in [0.15, 0.2) is 6.04 Å². The quantitative estimate of drug-likeness (QED) is 0.500. The van der Waals surface area contributed by atoms with Crippen LogP contribution in [0, 0.1) is 0 Å². The molecule has 0 fully saturated rings. The normalized spacial score (nSPS) is 13.8. The Morgan fingerprint density at radius 2 is 1.73 bits per heavy atom. The lowest BCUT2D eigenvalue weighted by Gasteiger charge is -2.30. The van der Waals surface area contributed by atoms with Gasteiger partial charge >= 0.3 is 0 Å². The minimum atomic E-state index is -0.208. The van der Waals surface area contributed by atoms with Gasteiger partial charge in [-0.15, -0.1) is 16.4 Å². The second kappa shape index (κ2) is 8.85. The summed E-state index contributed by atoms with van der Waals surface area (Å²) in [6.45, 7) is 8.08. The molecule has 0 amide bonds. The molecule has 0 aliphatic rings. The predicted molar refractivity (Wildman–Crippen MR) is 118 cm³/mol. The number of tetrazole rings is 1. The second-order valence-electron chi connectivity index (χ2n) is 8.43. The molecule has 0 spiro atoms. The van der Waals surface area contributed by atoms with Crippen molar-refractivity contribution >= 4 is 11.3 Å². The van der Waals surface area contributed by atoms with Gasteiger partial charge in [0.1, 0.15) is 13.1 Å². The molecule has 1 unspecified atom stereocenters. The number of thiophene rings is 1. The maximum Gasteiger partial charge on any atom is 0.215 e. The highest BCUT2D eigenvalue weighted by molar-refractivity contribution is 7.10. The van der Waals surface area contributed by atoms with Gasteiger partial charge in [0.05, 0.1) is 10.4 Å². The lowest BCUT2D eigenvalue weighted by Crippen LogP contribution is -3.10. The van der Waals surface area contributed by atoms with Crippen LogP contribution in [0.3, 0.4) is 0 Å². The number of nitrogens with zero attached hydrogens (tertiary/aromatic N) is 5. The van der Waals surface area contributed by atoms with Crippen LogP contribution in [0.5, 0.6) is 0 Å². The summed E-state index contributed by atoms with van der Waals surface area (Å²) in [6, 6.07) is 19.0. The summed E-state index contributed by atoms with van der Waals surface area (Å²) < 4.78 is 1.96. The molecule has 30 heavy (non-hydrogen) atoms. The maximum atomic E-state index is 4.52. The van der Waals surface area contributed by atoms with E-state index in [0.717, 1.165) is 18.9 Å². The van der Waals surface area contributed by atoms with E-state index in [-0.39, 0.29) is 11.6 Å². The Balaban J connectivity index is 1.80. The summed E-state index contributed by atoms with van der Waals surface area (Å²) in [6.07, 6.45) is 3.76. The standard InChI is InChI=1S/C23H26N6S/c1-23(2,3)29-22(25-26-27-29)21(20-12-8-14-30-20)28(16-18-9-5-4-6-10-18)17-19-11-7-13-24-15-19/h4-15,21H,16-17H2,1-3H3/p+1/t21-/m0/s1. The van der Waals surface area contributed by atoms with Crippen molar-refractivity contribution in [2.24, 2.45) is 0 Å². The van der Waals surface area contributed by atoms with Crippen LogP contribution in [0.25, 0.3) is 0 Å². The number of hydrogen-bond acceptors (Lipinski definition) is 5. The molecule has 2 atom stereocenters. The van der Waals surface area contributed by atoms with Crippen molar-refractivity contribution in [3.05, 3.63) is 94.2 Å². The molecule has 3 aromatic heterocycles. The van der Waals surface area contributed by atoms with Gasteiger partial charge < -0.3 is 4.90 Å². The Kier molecular flexibility index (Phi) is 6.01. The minimum Gasteiger partial charge on any atom is -0.314 e. The zero-order valence-corrected chi connectivity index (χ0v) is 18.4. The summed E-state index contributed by atoms with van der Waals surface area (Å²) in [7, 11) is 0. The van der Waals surface area contributed by atoms with Crippen LogP contribution < -0.4 is 4.90 Å². The van der Waals surface area contributed by atoms with Crippen LogP contribution in [0.15, 0.2) is 72.4 Å². The molecule has 4 rings (SSSR count). The van der Waals surface area contributed by atoms with Gasteiger partial charge in [-0.3, -0.25) is 4.98 Å². The van der Waals surface area contributed by atoms with Crippen LogP contribution in [0.1, 0.15) is 48.6 Å². The fourth-order valence-corrected chi connectivity index (χ4v) is 4.59. The number of pyridine rings is 1. The number of aromatic nitrogens is 5. The lowest BCUT2D eigenvalue weighted by atomic mass is 10.1. The molecule has 0 saturated heterocycles. The first kappa shape index (κ1) is 20.4. The van der Waals surface area contributed by atoms with Crippen molar-refractivity contribution in [1.29, 1.82) is 0 Å². The van der Waals surface area contributed by atoms with E-state index >= 15 is 0 Å². The molecule has 0 bridgehead atoms. The van der Waals surface area contributed by atoms with E-state index in [9.17, 15) is 0 Å². The highest BCUT2D eigenvalue weighted by Crippen LogP contribution is 2.25. The van der Waals surface area contributed by atoms with Crippen molar-refractivity contribution in [2.75, 3.05) is 0 Å². The monoisotopic (exact) mass is 419 g/mol. The first-order valence-corrected chi connectivity index (χ1v) is 11.0. The van der Waals surface area contributed by atoms with E-state index in [2.05, 4.69) is 95.2 Å². The highest BCUT2D eigenvalue weighted by atomic mass is 32.1. The zero-order valence-electron chi connectivity index (χ0n) is 17.6. The van der Waals surface area contributed by atoms with Crippen molar-refractivity contribution in [3.8, 4) is 0 Å². The minimum absolute atomic E-state index is 0.0136. The smallest absolute Gasteiger partial charge is 0.215 e. The third-order valence-corrected chi connectivity index (χ3v) is 5.99. The molecule has 6 nitrogen and oxygen atoms in total. The van der Waals surface area contributed by atoms with Gasteiger partial charge in [-0.1, -0.05) is 42.5 Å². The van der Waals surface area contributed by atoms with Crippen LogP contribution in [-0.2, 0) is 18.6 Å². The van der Waals surface area contributed by atoms with E-state index < -0.39 is 0 Å². The third kappa shape index (κ3) is 4.63. The molecule has 0 radical (unpaired) electrons. The predicted octanol–water partition coefficient (Wildman–Crippen LogP) is 3.26. The van der Waals surface area contributed by atoms with E-state index in [1.807, 2.05) is 23.1 Å². The van der Waals surface area contributed by atoms with Gasteiger partial charge in [-0.25, -0.2) is 4.68 Å². The summed E-state index contributed by atoms with van der Waals surface area (Å²) in [4.78, 5) is 6.94. The van der Waals surface area contributed by atoms with Gasteiger partial charge in [-0.05, 0) is 48.7 Å². The molecule has 1 N–H and O–H groups in total. The largest absolute Gasteiger partial charge is 0.314 e. The van der Waals surface area contributed by atoms with Crippen LogP contribution in [0.4, 0.5) is 0 Å². The second-order valence-corrected chi connectivity index (χ2v) is 9.41. The molecular formula is C23H27N6S+. The molecule has 0 saturated carbocycles. The van der Waals surface area contributed by atoms with Gasteiger partial charge in [-0.2, -0.15) is 0 Å². The number of nitrogens with one attached hydrogen (secondary N) is 1. The Bertz CT molecular complexity index is 997. The van der Waals surface area contributed by atoms with E-state index in [4.69, 9.17) is 0 Å². The number of hydrogen-bond donors (Lipinski definition) is 1. The van der Waals surface area contributed by atoms with Gasteiger partial charge in [0.2, 0.25) is 5.82 Å². The van der Waals surface area contributed by atoms with Crippen LogP contribution >= 0.6 is 11.3 Å². The number of benzene rings is 1. The Morgan fingerprint density at radius 1 is 0.967 bits per heavy atom. The lowest BCUT2D eigenvalue weighted by molar-refractivity contribution is -0.953. The summed E-state index contributed by atoms with van der Waals surface area (Å²) in [5.41, 5.74) is 2.27. The van der Waals surface area contributed by atoms with E-state index in [1.54, 1.807) is 11.3 Å². The molecule has 3 heterocycles. The first-order valence-electron chi connectivity index (χ1n) is 10.1. The average molecular weight is 420 g/mol. The fourth-order valence-electron chi connectivity index (χ4n) is 3.71. The van der Waals surface area contributed by atoms with Crippen LogP contribution in [-0.4, -0.2) is 25.2 Å². The van der Waals surface area contributed by atoms with Gasteiger partial charge in [0, 0.05) is 23.5 Å². The van der Waals surface area contributed by atoms with Gasteiger partial charge in [0.25, 0.3) is 0 Å². The Hall–Kier alpha value is -2.90. The third-order valence-electron chi connectivity index (χ3n) is 5.05. The molecule has 0 aliphatic carbocycles. The first-order chi connectivity index (χ1) is 14.5. The molecular weight excluding hydrogens is 392 g/mol. The van der Waals surface area contributed by atoms with Crippen molar-refractivity contribution < 1.29 is 4.90 Å². The Morgan fingerprint density at radius 3 is 2.40 bits per heavy atom. The van der Waals surface area contributed by atoms with Crippen LogP contribution in [0.2, 0.25) is 0 Å². The average Bonchev–Trinajstić information content (AvgIpc) is 3.42. The maximum absolute atomic E-state index is 4.52. The fraction of sp³-hybridized carbons (Fsp3) is 0.304. The molecule has 0 aliphatic heterocycles. The van der Waals surface area contributed by atoms with Crippen molar-refractivity contribution in [1.82, 2.24) is 25.2 Å². The summed E-state index contributed by atoms with van der Waals surface area (Å²) in [5.74, 6) is 0.889. The number of rotatable bonds is 7. The molecule has 1 aromatic carbocycles. The summed E-state index contributed by atoms with van der Waals surface area (Å²) >= 11 is 1.75. The Labute approximate surface area is 181 Å². The van der Waals surface area contributed by atoms with Crippen molar-refractivity contribution in [3.63, 3.8) is 0 Å². The SMILES string of the molecule is CC(C)(C)n1nnnc1[C@H](c1cccs1)[NH+](Cc1ccccc1)Cc1cccnc1. The summed E-state index contributed by atoms with van der Waals surface area (Å²) in [5, 5.41) is 15.0. The van der Waals surface area contributed by atoms with E-state index in [0.29, 0.717) is 0 Å². The molecule has 7 heteroatoms. The topological polar surface area (TPSA) is 60.9 Å². The number of quaternary nitrogens is 1. The molecule has 4 aromatic rings. The highest BCUT2D eigenvalue weighted by Gasteiger charge is 2.35. The molecule has 154 valence electrons.